The maximum atomic E-state index is 11.2. The number of aromatic amines is 1. The Kier molecular flexibility index (Phi) is 4.32. The Morgan fingerprint density at radius 2 is 2.46 bits per heavy atom. The Balaban J connectivity index is 2.18. The van der Waals surface area contributed by atoms with Gasteiger partial charge < -0.3 is 10.3 Å². The van der Waals surface area contributed by atoms with E-state index in [-0.39, 0.29) is 5.91 Å². The highest BCUT2D eigenvalue weighted by Gasteiger charge is 2.01. The van der Waals surface area contributed by atoms with Gasteiger partial charge in [0, 0.05) is 12.3 Å². The first-order valence-corrected chi connectivity index (χ1v) is 4.70. The van der Waals surface area contributed by atoms with Crippen molar-refractivity contribution < 1.29 is 4.79 Å². The summed E-state index contributed by atoms with van der Waals surface area (Å²) in [5.74, 6) is 1.24. The number of hydrogen-bond donors (Lipinski definition) is 2. The number of imidazole rings is 1. The summed E-state index contributed by atoms with van der Waals surface area (Å²) in [6.07, 6.45) is 5.29. The Morgan fingerprint density at radius 1 is 1.62 bits per heavy atom. The van der Waals surface area contributed by atoms with Crippen LogP contribution in [-0.2, 0) is 4.79 Å². The second-order valence-corrected chi connectivity index (χ2v) is 3.04. The SMILES string of the molecule is O=C(CCCCCl)Nc1cnc[nH]1. The summed E-state index contributed by atoms with van der Waals surface area (Å²) in [4.78, 5) is 17.8. The summed E-state index contributed by atoms with van der Waals surface area (Å²) in [6.45, 7) is 0. The molecule has 0 aliphatic rings. The lowest BCUT2D eigenvalue weighted by Gasteiger charge is -2.00. The summed E-state index contributed by atoms with van der Waals surface area (Å²) >= 11 is 5.48. The number of anilines is 1. The van der Waals surface area contributed by atoms with Crippen molar-refractivity contribution >= 4 is 23.3 Å². The van der Waals surface area contributed by atoms with E-state index in [1.54, 1.807) is 6.20 Å². The number of nitrogens with zero attached hydrogens (tertiary/aromatic N) is 1. The minimum atomic E-state index is -0.00522. The van der Waals surface area contributed by atoms with Gasteiger partial charge in [0.15, 0.2) is 0 Å². The molecule has 72 valence electrons. The van der Waals surface area contributed by atoms with E-state index in [1.165, 1.54) is 6.33 Å². The summed E-state index contributed by atoms with van der Waals surface area (Å²) < 4.78 is 0. The van der Waals surface area contributed by atoms with E-state index in [4.69, 9.17) is 11.6 Å². The molecule has 0 spiro atoms. The van der Waals surface area contributed by atoms with Crippen molar-refractivity contribution in [2.75, 3.05) is 11.2 Å². The number of H-pyrrole nitrogens is 1. The molecule has 1 heterocycles. The lowest BCUT2D eigenvalue weighted by Crippen LogP contribution is -2.11. The molecule has 1 rings (SSSR count). The van der Waals surface area contributed by atoms with Crippen molar-refractivity contribution in [2.45, 2.75) is 19.3 Å². The van der Waals surface area contributed by atoms with Crippen molar-refractivity contribution in [1.82, 2.24) is 9.97 Å². The normalized spacial score (nSPS) is 9.92. The van der Waals surface area contributed by atoms with Crippen LogP contribution in [0.2, 0.25) is 0 Å². The van der Waals surface area contributed by atoms with Gasteiger partial charge in [-0.15, -0.1) is 11.6 Å². The Bertz CT molecular complexity index is 248. The van der Waals surface area contributed by atoms with Gasteiger partial charge in [-0.05, 0) is 12.8 Å². The smallest absolute Gasteiger partial charge is 0.225 e. The molecule has 1 aromatic heterocycles. The Labute approximate surface area is 81.7 Å². The first-order chi connectivity index (χ1) is 6.33. The summed E-state index contributed by atoms with van der Waals surface area (Å²) in [7, 11) is 0. The minimum absolute atomic E-state index is 0.00522. The molecule has 0 fully saturated rings. The molecule has 1 amide bonds. The molecule has 0 saturated carbocycles. The van der Waals surface area contributed by atoms with Crippen LogP contribution in [0.25, 0.3) is 0 Å². The Morgan fingerprint density at radius 3 is 3.08 bits per heavy atom. The van der Waals surface area contributed by atoms with Crippen LogP contribution >= 0.6 is 11.6 Å². The van der Waals surface area contributed by atoms with Gasteiger partial charge in [0.25, 0.3) is 0 Å². The number of nitrogens with one attached hydrogen (secondary N) is 2. The van der Waals surface area contributed by atoms with Gasteiger partial charge in [0.2, 0.25) is 5.91 Å². The number of unbranched alkanes of at least 4 members (excludes halogenated alkanes) is 1. The molecule has 0 saturated heterocycles. The molecule has 2 N–H and O–H groups in total. The lowest BCUT2D eigenvalue weighted by molar-refractivity contribution is -0.116. The number of alkyl halides is 1. The fourth-order valence-electron chi connectivity index (χ4n) is 0.917. The largest absolute Gasteiger partial charge is 0.331 e. The van der Waals surface area contributed by atoms with Crippen molar-refractivity contribution in [3.63, 3.8) is 0 Å². The standard InChI is InChI=1S/C8H12ClN3O/c9-4-2-1-3-8(13)12-7-5-10-6-11-7/h5-6H,1-4H2,(H,10,11)(H,12,13). The van der Waals surface area contributed by atoms with Crippen LogP contribution in [0, 0.1) is 0 Å². The molecule has 13 heavy (non-hydrogen) atoms. The highest BCUT2D eigenvalue weighted by molar-refractivity contribution is 6.17. The van der Waals surface area contributed by atoms with Gasteiger partial charge in [-0.3, -0.25) is 4.79 Å². The molecular weight excluding hydrogens is 190 g/mol. The fourth-order valence-corrected chi connectivity index (χ4v) is 1.11. The number of aromatic nitrogens is 2. The van der Waals surface area contributed by atoms with Crippen LogP contribution in [0.3, 0.4) is 0 Å². The van der Waals surface area contributed by atoms with Gasteiger partial charge in [-0.25, -0.2) is 4.98 Å². The minimum Gasteiger partial charge on any atom is -0.331 e. The van der Waals surface area contributed by atoms with E-state index in [2.05, 4.69) is 15.3 Å². The molecule has 0 unspecified atom stereocenters. The van der Waals surface area contributed by atoms with Crippen LogP contribution in [0.1, 0.15) is 19.3 Å². The van der Waals surface area contributed by atoms with Crippen LogP contribution in [0.5, 0.6) is 0 Å². The summed E-state index contributed by atoms with van der Waals surface area (Å²) in [6, 6.07) is 0. The third kappa shape index (κ3) is 3.94. The number of hydrogen-bond acceptors (Lipinski definition) is 2. The van der Waals surface area contributed by atoms with Crippen LogP contribution in [-0.4, -0.2) is 21.8 Å². The molecule has 0 aliphatic carbocycles. The second-order valence-electron chi connectivity index (χ2n) is 2.66. The predicted octanol–water partition coefficient (Wildman–Crippen LogP) is 1.76. The quantitative estimate of drug-likeness (QED) is 0.564. The first-order valence-electron chi connectivity index (χ1n) is 4.17. The lowest BCUT2D eigenvalue weighted by atomic mass is 10.2. The van der Waals surface area contributed by atoms with E-state index in [0.29, 0.717) is 18.1 Å². The van der Waals surface area contributed by atoms with Gasteiger partial charge >= 0.3 is 0 Å². The van der Waals surface area contributed by atoms with Gasteiger partial charge in [0.1, 0.15) is 5.82 Å². The Hall–Kier alpha value is -1.03. The average Bonchev–Trinajstić information content (AvgIpc) is 2.57. The van der Waals surface area contributed by atoms with Crippen molar-refractivity contribution in [1.29, 1.82) is 0 Å². The van der Waals surface area contributed by atoms with Crippen molar-refractivity contribution in [2.24, 2.45) is 0 Å². The molecular formula is C8H12ClN3O. The van der Waals surface area contributed by atoms with Gasteiger partial charge in [-0.1, -0.05) is 0 Å². The van der Waals surface area contributed by atoms with E-state index in [0.717, 1.165) is 12.8 Å². The van der Waals surface area contributed by atoms with E-state index in [9.17, 15) is 4.79 Å². The van der Waals surface area contributed by atoms with Crippen LogP contribution in [0.15, 0.2) is 12.5 Å². The number of carbonyl (C=O) groups excluding carboxylic acids is 1. The van der Waals surface area contributed by atoms with Crippen molar-refractivity contribution in [3.8, 4) is 0 Å². The topological polar surface area (TPSA) is 57.8 Å². The van der Waals surface area contributed by atoms with E-state index >= 15 is 0 Å². The first kappa shape index (κ1) is 10.1. The van der Waals surface area contributed by atoms with Crippen molar-refractivity contribution in [3.05, 3.63) is 12.5 Å². The average molecular weight is 202 g/mol. The fraction of sp³-hybridized carbons (Fsp3) is 0.500. The van der Waals surface area contributed by atoms with E-state index in [1.807, 2.05) is 0 Å². The summed E-state index contributed by atoms with van der Waals surface area (Å²) in [5.41, 5.74) is 0. The van der Waals surface area contributed by atoms with E-state index < -0.39 is 0 Å². The third-order valence-electron chi connectivity index (χ3n) is 1.56. The van der Waals surface area contributed by atoms with Crippen LogP contribution < -0.4 is 5.32 Å². The monoisotopic (exact) mass is 201 g/mol. The second kappa shape index (κ2) is 5.59. The van der Waals surface area contributed by atoms with Gasteiger partial charge in [-0.2, -0.15) is 0 Å². The summed E-state index contributed by atoms with van der Waals surface area (Å²) in [5, 5.41) is 2.68. The molecule has 4 nitrogen and oxygen atoms in total. The predicted molar refractivity (Wildman–Crippen MR) is 51.8 cm³/mol. The van der Waals surface area contributed by atoms with Crippen LogP contribution in [0.4, 0.5) is 5.82 Å². The molecule has 0 aromatic carbocycles. The molecule has 0 radical (unpaired) electrons. The number of carbonyl (C=O) groups is 1. The third-order valence-corrected chi connectivity index (χ3v) is 1.83. The molecule has 5 heteroatoms. The maximum Gasteiger partial charge on any atom is 0.225 e. The zero-order valence-corrected chi connectivity index (χ0v) is 7.97. The maximum absolute atomic E-state index is 11.2. The molecule has 1 aromatic rings. The van der Waals surface area contributed by atoms with Gasteiger partial charge in [0.05, 0.1) is 12.5 Å². The molecule has 0 bridgehead atoms. The number of halogens is 1. The molecule has 0 atom stereocenters. The zero-order chi connectivity index (χ0) is 9.52. The number of amides is 1. The molecule has 0 aliphatic heterocycles. The number of rotatable bonds is 5. The highest BCUT2D eigenvalue weighted by atomic mass is 35.5. The zero-order valence-electron chi connectivity index (χ0n) is 7.22. The highest BCUT2D eigenvalue weighted by Crippen LogP contribution is 2.02.